The number of benzene rings is 1. The third kappa shape index (κ3) is 6.14. The number of Topliss-reactive ketones (excluding diaryl/α,β-unsaturated/α-hetero) is 1. The first kappa shape index (κ1) is 20.5. The molecule has 1 N–H and O–H groups in total. The molecule has 0 spiro atoms. The van der Waals surface area contributed by atoms with Crippen molar-refractivity contribution in [1.82, 2.24) is 0 Å². The SMILES string of the molecule is COC(=O)c1cc(I)ccc1CC(=O)CCCCC(F)(F)C(=O)O. The lowest BCUT2D eigenvalue weighted by molar-refractivity contribution is -0.165. The third-order valence-electron chi connectivity index (χ3n) is 3.37. The van der Waals surface area contributed by atoms with Crippen molar-refractivity contribution in [3.63, 3.8) is 0 Å². The Balaban J connectivity index is 2.57. The summed E-state index contributed by atoms with van der Waals surface area (Å²) in [5.41, 5.74) is 0.818. The van der Waals surface area contributed by atoms with Crippen molar-refractivity contribution in [2.75, 3.05) is 7.11 Å². The Morgan fingerprint density at radius 3 is 2.50 bits per heavy atom. The van der Waals surface area contributed by atoms with E-state index >= 15 is 0 Å². The molecule has 5 nitrogen and oxygen atoms in total. The lowest BCUT2D eigenvalue weighted by Gasteiger charge is -2.10. The van der Waals surface area contributed by atoms with Gasteiger partial charge in [-0.2, -0.15) is 8.78 Å². The van der Waals surface area contributed by atoms with Gasteiger partial charge in [0, 0.05) is 22.8 Å². The molecule has 0 fully saturated rings. The first-order valence-electron chi connectivity index (χ1n) is 7.17. The van der Waals surface area contributed by atoms with Gasteiger partial charge in [-0.3, -0.25) is 4.79 Å². The lowest BCUT2D eigenvalue weighted by atomic mass is 9.99. The molecule has 0 atom stereocenters. The summed E-state index contributed by atoms with van der Waals surface area (Å²) in [4.78, 5) is 34.0. The molecule has 0 amide bonds. The van der Waals surface area contributed by atoms with Gasteiger partial charge < -0.3 is 9.84 Å². The molecule has 0 aliphatic carbocycles. The van der Waals surface area contributed by atoms with Crippen molar-refractivity contribution in [1.29, 1.82) is 0 Å². The molecule has 0 bridgehead atoms. The molecular formula is C16H17F2IO5. The number of halogens is 3. The van der Waals surface area contributed by atoms with Crippen LogP contribution in [0.25, 0.3) is 0 Å². The van der Waals surface area contributed by atoms with E-state index in [0.29, 0.717) is 11.1 Å². The average molecular weight is 454 g/mol. The number of carboxylic acids is 1. The largest absolute Gasteiger partial charge is 0.477 e. The van der Waals surface area contributed by atoms with Crippen molar-refractivity contribution < 1.29 is 33.0 Å². The van der Waals surface area contributed by atoms with Crippen LogP contribution in [0.3, 0.4) is 0 Å². The number of methoxy groups -OCH3 is 1. The van der Waals surface area contributed by atoms with Crippen LogP contribution in [0.2, 0.25) is 0 Å². The number of alkyl halides is 2. The zero-order valence-electron chi connectivity index (χ0n) is 13.0. The van der Waals surface area contributed by atoms with E-state index in [0.717, 1.165) is 3.57 Å². The molecule has 0 aliphatic heterocycles. The van der Waals surface area contributed by atoms with Gasteiger partial charge >= 0.3 is 17.9 Å². The van der Waals surface area contributed by atoms with E-state index in [1.54, 1.807) is 18.2 Å². The van der Waals surface area contributed by atoms with E-state index in [2.05, 4.69) is 4.74 Å². The van der Waals surface area contributed by atoms with Gasteiger partial charge in [-0.05, 0) is 53.1 Å². The zero-order chi connectivity index (χ0) is 18.3. The molecule has 1 aromatic carbocycles. The van der Waals surface area contributed by atoms with Gasteiger partial charge in [-0.25, -0.2) is 9.59 Å². The molecule has 1 rings (SSSR count). The van der Waals surface area contributed by atoms with Gasteiger partial charge in [0.1, 0.15) is 5.78 Å². The highest BCUT2D eigenvalue weighted by Crippen LogP contribution is 2.22. The van der Waals surface area contributed by atoms with Crippen LogP contribution in [0, 0.1) is 3.57 Å². The molecule has 0 aliphatic rings. The lowest BCUT2D eigenvalue weighted by Crippen LogP contribution is -2.27. The van der Waals surface area contributed by atoms with Crippen molar-refractivity contribution in [2.24, 2.45) is 0 Å². The maximum absolute atomic E-state index is 12.9. The van der Waals surface area contributed by atoms with Crippen LogP contribution in [0.15, 0.2) is 18.2 Å². The van der Waals surface area contributed by atoms with Gasteiger partial charge in [-0.1, -0.05) is 6.07 Å². The second-order valence-electron chi connectivity index (χ2n) is 5.23. The van der Waals surface area contributed by atoms with Gasteiger partial charge in [0.15, 0.2) is 0 Å². The summed E-state index contributed by atoms with van der Waals surface area (Å²) in [5.74, 6) is -6.68. The van der Waals surface area contributed by atoms with Crippen LogP contribution in [0.4, 0.5) is 8.78 Å². The second-order valence-corrected chi connectivity index (χ2v) is 6.47. The Hall–Kier alpha value is -1.58. The number of ketones is 1. The number of carbonyl (C=O) groups excluding carboxylic acids is 2. The number of rotatable bonds is 9. The molecule has 24 heavy (non-hydrogen) atoms. The Kier molecular flexibility index (Phi) is 7.71. The summed E-state index contributed by atoms with van der Waals surface area (Å²) in [6.07, 6.45) is -0.660. The molecule has 0 saturated carbocycles. The van der Waals surface area contributed by atoms with Crippen LogP contribution in [0.1, 0.15) is 41.6 Å². The van der Waals surface area contributed by atoms with E-state index in [1.165, 1.54) is 7.11 Å². The number of ether oxygens (including phenoxy) is 1. The fraction of sp³-hybridized carbons (Fsp3) is 0.438. The number of carboxylic acid groups (broad SMARTS) is 1. The number of unbranched alkanes of at least 4 members (excludes halogenated alkanes) is 1. The minimum absolute atomic E-state index is 0.00330. The maximum Gasteiger partial charge on any atom is 0.374 e. The molecule has 0 heterocycles. The van der Waals surface area contributed by atoms with E-state index in [4.69, 9.17) is 5.11 Å². The Labute approximate surface area is 151 Å². The molecule has 8 heteroatoms. The predicted molar refractivity (Wildman–Crippen MR) is 90.3 cm³/mol. The summed E-state index contributed by atoms with van der Waals surface area (Å²) in [7, 11) is 1.25. The molecule has 1 aromatic rings. The monoisotopic (exact) mass is 454 g/mol. The quantitative estimate of drug-likeness (QED) is 0.351. The van der Waals surface area contributed by atoms with Crippen molar-refractivity contribution >= 4 is 40.3 Å². The highest BCUT2D eigenvalue weighted by molar-refractivity contribution is 14.1. The standard InChI is InChI=1S/C16H17F2IO5/c1-24-14(21)13-9-11(19)6-5-10(13)8-12(20)4-2-3-7-16(17,18)15(22)23/h5-6,9H,2-4,7-8H2,1H3,(H,22,23). The Morgan fingerprint density at radius 1 is 1.25 bits per heavy atom. The average Bonchev–Trinajstić information content (AvgIpc) is 2.52. The van der Waals surface area contributed by atoms with Crippen LogP contribution < -0.4 is 0 Å². The number of carbonyl (C=O) groups is 3. The minimum atomic E-state index is -3.77. The Morgan fingerprint density at radius 2 is 1.92 bits per heavy atom. The summed E-state index contributed by atoms with van der Waals surface area (Å²) in [6, 6.07) is 5.02. The van der Waals surface area contributed by atoms with Gasteiger partial charge in [0.2, 0.25) is 0 Å². The van der Waals surface area contributed by atoms with Crippen LogP contribution in [0.5, 0.6) is 0 Å². The van der Waals surface area contributed by atoms with E-state index in [1.807, 2.05) is 22.6 Å². The maximum atomic E-state index is 12.9. The van der Waals surface area contributed by atoms with Gasteiger partial charge in [0.05, 0.1) is 12.7 Å². The molecular weight excluding hydrogens is 437 g/mol. The van der Waals surface area contributed by atoms with Crippen LogP contribution in [-0.4, -0.2) is 35.9 Å². The van der Waals surface area contributed by atoms with Crippen molar-refractivity contribution in [2.45, 2.75) is 38.0 Å². The summed E-state index contributed by atoms with van der Waals surface area (Å²) < 4.78 is 31.3. The second kappa shape index (κ2) is 9.05. The fourth-order valence-corrected chi connectivity index (χ4v) is 2.57. The molecule has 0 aromatic heterocycles. The molecule has 0 saturated heterocycles. The van der Waals surface area contributed by atoms with Gasteiger partial charge in [-0.15, -0.1) is 0 Å². The number of hydrogen-bond donors (Lipinski definition) is 1. The minimum Gasteiger partial charge on any atom is -0.477 e. The number of esters is 1. The summed E-state index contributed by atoms with van der Waals surface area (Å²) >= 11 is 2.03. The van der Waals surface area contributed by atoms with Crippen molar-refractivity contribution in [3.05, 3.63) is 32.9 Å². The van der Waals surface area contributed by atoms with Crippen LogP contribution >= 0.6 is 22.6 Å². The number of hydrogen-bond acceptors (Lipinski definition) is 4. The van der Waals surface area contributed by atoms with E-state index in [9.17, 15) is 23.2 Å². The Bertz CT molecular complexity index is 631. The van der Waals surface area contributed by atoms with Crippen molar-refractivity contribution in [3.8, 4) is 0 Å². The van der Waals surface area contributed by atoms with E-state index < -0.39 is 24.3 Å². The third-order valence-corrected chi connectivity index (χ3v) is 4.05. The normalized spacial score (nSPS) is 11.2. The zero-order valence-corrected chi connectivity index (χ0v) is 15.1. The first-order chi connectivity index (χ1) is 11.2. The molecule has 132 valence electrons. The highest BCUT2D eigenvalue weighted by atomic mass is 127. The molecule has 0 unspecified atom stereocenters. The highest BCUT2D eigenvalue weighted by Gasteiger charge is 2.37. The smallest absolute Gasteiger partial charge is 0.374 e. The van der Waals surface area contributed by atoms with Gasteiger partial charge in [0.25, 0.3) is 0 Å². The summed E-state index contributed by atoms with van der Waals surface area (Å²) in [6.45, 7) is 0. The first-order valence-corrected chi connectivity index (χ1v) is 8.25. The molecule has 0 radical (unpaired) electrons. The van der Waals surface area contributed by atoms with E-state index in [-0.39, 0.29) is 31.5 Å². The number of aliphatic carboxylic acids is 1. The van der Waals surface area contributed by atoms with Crippen LogP contribution in [-0.2, 0) is 20.7 Å². The predicted octanol–water partition coefficient (Wildman–Crippen LogP) is 3.47. The fourth-order valence-electron chi connectivity index (χ4n) is 2.08. The summed E-state index contributed by atoms with van der Waals surface area (Å²) in [5, 5.41) is 8.31. The topological polar surface area (TPSA) is 80.7 Å².